The van der Waals surface area contributed by atoms with Crippen molar-refractivity contribution in [1.29, 1.82) is 0 Å². The number of aliphatic carboxylic acids is 1. The number of phenolic OH excluding ortho intramolecular Hbond substituents is 2. The highest BCUT2D eigenvalue weighted by atomic mass is 16.4. The molecule has 1 heterocycles. The van der Waals surface area contributed by atoms with Crippen molar-refractivity contribution in [3.8, 4) is 22.8 Å². The number of nitrogens with two attached hydrogens (primary N) is 1. The standard InChI is InChI=1S/C13H13NO5/c14-6-9-1-2-11(19-9)13-7(4-12(17)18)3-8(15)5-10(13)16/h1-3,5,15-16H,4,6,14H2,(H,17,18). The zero-order valence-corrected chi connectivity index (χ0v) is 9.96. The molecular weight excluding hydrogens is 250 g/mol. The number of hydrogen-bond acceptors (Lipinski definition) is 5. The van der Waals surface area contributed by atoms with E-state index >= 15 is 0 Å². The van der Waals surface area contributed by atoms with Crippen LogP contribution in [0.15, 0.2) is 28.7 Å². The minimum atomic E-state index is -1.07. The van der Waals surface area contributed by atoms with Crippen LogP contribution in [-0.4, -0.2) is 21.3 Å². The lowest BCUT2D eigenvalue weighted by atomic mass is 10.0. The molecule has 0 aliphatic carbocycles. The summed E-state index contributed by atoms with van der Waals surface area (Å²) in [6.07, 6.45) is -0.337. The van der Waals surface area contributed by atoms with Crippen LogP contribution in [0.5, 0.6) is 11.5 Å². The highest BCUT2D eigenvalue weighted by Gasteiger charge is 2.17. The van der Waals surface area contributed by atoms with Gasteiger partial charge in [0.25, 0.3) is 0 Å². The van der Waals surface area contributed by atoms with Gasteiger partial charge in [0.1, 0.15) is 23.0 Å². The van der Waals surface area contributed by atoms with E-state index in [2.05, 4.69) is 0 Å². The van der Waals surface area contributed by atoms with Gasteiger partial charge >= 0.3 is 5.97 Å². The molecule has 0 fully saturated rings. The van der Waals surface area contributed by atoms with Crippen LogP contribution in [0.1, 0.15) is 11.3 Å². The van der Waals surface area contributed by atoms with Crippen molar-refractivity contribution >= 4 is 5.97 Å². The molecule has 0 amide bonds. The number of benzene rings is 1. The second-order valence-corrected chi connectivity index (χ2v) is 4.04. The van der Waals surface area contributed by atoms with Crippen LogP contribution >= 0.6 is 0 Å². The monoisotopic (exact) mass is 263 g/mol. The fourth-order valence-corrected chi connectivity index (χ4v) is 1.88. The second-order valence-electron chi connectivity index (χ2n) is 4.04. The number of carboxylic acids is 1. The fourth-order valence-electron chi connectivity index (χ4n) is 1.88. The van der Waals surface area contributed by atoms with E-state index in [1.54, 1.807) is 12.1 Å². The van der Waals surface area contributed by atoms with Crippen molar-refractivity contribution < 1.29 is 24.5 Å². The molecule has 0 saturated carbocycles. The van der Waals surface area contributed by atoms with Crippen molar-refractivity contribution in [3.05, 3.63) is 35.6 Å². The van der Waals surface area contributed by atoms with Gasteiger partial charge in [-0.25, -0.2) is 0 Å². The summed E-state index contributed by atoms with van der Waals surface area (Å²) < 4.78 is 5.40. The topological polar surface area (TPSA) is 117 Å². The molecule has 0 spiro atoms. The van der Waals surface area contributed by atoms with E-state index in [1.807, 2.05) is 0 Å². The Kier molecular flexibility index (Phi) is 3.43. The summed E-state index contributed by atoms with van der Waals surface area (Å²) in [7, 11) is 0. The molecule has 0 saturated heterocycles. The molecule has 19 heavy (non-hydrogen) atoms. The molecule has 0 atom stereocenters. The number of aromatic hydroxyl groups is 2. The van der Waals surface area contributed by atoms with Crippen LogP contribution in [0.4, 0.5) is 0 Å². The van der Waals surface area contributed by atoms with E-state index < -0.39 is 5.97 Å². The summed E-state index contributed by atoms with van der Waals surface area (Å²) in [5.74, 6) is -0.688. The quantitative estimate of drug-likeness (QED) is 0.663. The van der Waals surface area contributed by atoms with Gasteiger partial charge in [-0.2, -0.15) is 0 Å². The molecule has 100 valence electrons. The van der Waals surface area contributed by atoms with Gasteiger partial charge < -0.3 is 25.5 Å². The van der Waals surface area contributed by atoms with Gasteiger partial charge in [0, 0.05) is 6.07 Å². The molecule has 0 aliphatic rings. The molecule has 0 aliphatic heterocycles. The minimum absolute atomic E-state index is 0.201. The third kappa shape index (κ3) is 2.69. The largest absolute Gasteiger partial charge is 0.508 e. The maximum absolute atomic E-state index is 10.8. The van der Waals surface area contributed by atoms with Crippen LogP contribution in [0, 0.1) is 0 Å². The van der Waals surface area contributed by atoms with Gasteiger partial charge in [-0.15, -0.1) is 0 Å². The second kappa shape index (κ2) is 5.03. The zero-order valence-electron chi connectivity index (χ0n) is 9.96. The number of hydrogen-bond donors (Lipinski definition) is 4. The minimum Gasteiger partial charge on any atom is -0.508 e. The highest BCUT2D eigenvalue weighted by molar-refractivity contribution is 5.78. The SMILES string of the molecule is NCc1ccc(-c2c(O)cc(O)cc2CC(=O)O)o1. The first-order valence-electron chi connectivity index (χ1n) is 5.57. The van der Waals surface area contributed by atoms with Gasteiger partial charge in [0.15, 0.2) is 0 Å². The average Bonchev–Trinajstić information content (AvgIpc) is 2.75. The Morgan fingerprint density at radius 2 is 2.00 bits per heavy atom. The van der Waals surface area contributed by atoms with Crippen molar-refractivity contribution in [2.45, 2.75) is 13.0 Å². The number of carboxylic acid groups (broad SMARTS) is 1. The molecule has 1 aromatic heterocycles. The summed E-state index contributed by atoms with van der Waals surface area (Å²) in [4.78, 5) is 10.8. The van der Waals surface area contributed by atoms with Gasteiger partial charge in [-0.05, 0) is 23.8 Å². The van der Waals surface area contributed by atoms with Gasteiger partial charge in [0.05, 0.1) is 18.5 Å². The van der Waals surface area contributed by atoms with Crippen LogP contribution in [0.2, 0.25) is 0 Å². The molecule has 0 radical (unpaired) electrons. The maximum atomic E-state index is 10.8. The van der Waals surface area contributed by atoms with E-state index in [1.165, 1.54) is 6.07 Å². The summed E-state index contributed by atoms with van der Waals surface area (Å²) >= 11 is 0. The first-order valence-corrected chi connectivity index (χ1v) is 5.57. The number of carbonyl (C=O) groups is 1. The number of furan rings is 1. The molecule has 6 heteroatoms. The van der Waals surface area contributed by atoms with Crippen molar-refractivity contribution in [2.75, 3.05) is 0 Å². The van der Waals surface area contributed by atoms with Crippen molar-refractivity contribution in [2.24, 2.45) is 5.73 Å². The van der Waals surface area contributed by atoms with E-state index in [0.717, 1.165) is 6.07 Å². The third-order valence-electron chi connectivity index (χ3n) is 2.63. The Morgan fingerprint density at radius 3 is 2.58 bits per heavy atom. The average molecular weight is 263 g/mol. The van der Waals surface area contributed by atoms with Crippen molar-refractivity contribution in [1.82, 2.24) is 0 Å². The van der Waals surface area contributed by atoms with Gasteiger partial charge in [-0.1, -0.05) is 0 Å². The smallest absolute Gasteiger partial charge is 0.307 e. The Hall–Kier alpha value is -2.47. The van der Waals surface area contributed by atoms with E-state index in [-0.39, 0.29) is 35.6 Å². The molecule has 5 N–H and O–H groups in total. The molecule has 1 aromatic carbocycles. The Bertz CT molecular complexity index is 617. The lowest BCUT2D eigenvalue weighted by Crippen LogP contribution is -2.02. The first kappa shape index (κ1) is 13.0. The van der Waals surface area contributed by atoms with E-state index in [4.69, 9.17) is 15.3 Å². The molecule has 6 nitrogen and oxygen atoms in total. The van der Waals surface area contributed by atoms with Crippen LogP contribution in [-0.2, 0) is 17.8 Å². The molecular formula is C13H13NO5. The fraction of sp³-hybridized carbons (Fsp3) is 0.154. The lowest BCUT2D eigenvalue weighted by molar-refractivity contribution is -0.136. The molecule has 0 unspecified atom stereocenters. The van der Waals surface area contributed by atoms with Crippen LogP contribution in [0.25, 0.3) is 11.3 Å². The molecule has 0 bridgehead atoms. The predicted molar refractivity (Wildman–Crippen MR) is 66.7 cm³/mol. The lowest BCUT2D eigenvalue weighted by Gasteiger charge is -2.09. The van der Waals surface area contributed by atoms with E-state index in [0.29, 0.717) is 11.5 Å². The zero-order chi connectivity index (χ0) is 14.0. The Balaban J connectivity index is 2.56. The van der Waals surface area contributed by atoms with Gasteiger partial charge in [-0.3, -0.25) is 4.79 Å². The number of phenols is 2. The molecule has 2 aromatic rings. The Labute approximate surface area is 108 Å². The third-order valence-corrected chi connectivity index (χ3v) is 2.63. The van der Waals surface area contributed by atoms with Crippen LogP contribution in [0.3, 0.4) is 0 Å². The summed E-state index contributed by atoms with van der Waals surface area (Å²) in [6, 6.07) is 5.66. The summed E-state index contributed by atoms with van der Waals surface area (Å²) in [5.41, 5.74) is 5.95. The predicted octanol–water partition coefficient (Wildman–Crippen LogP) is 1.44. The normalized spacial score (nSPS) is 10.6. The van der Waals surface area contributed by atoms with Crippen molar-refractivity contribution in [3.63, 3.8) is 0 Å². The Morgan fingerprint density at radius 1 is 1.26 bits per heavy atom. The highest BCUT2D eigenvalue weighted by Crippen LogP contribution is 2.37. The van der Waals surface area contributed by atoms with Crippen LogP contribution < -0.4 is 5.73 Å². The maximum Gasteiger partial charge on any atom is 0.307 e. The van der Waals surface area contributed by atoms with E-state index in [9.17, 15) is 15.0 Å². The first-order chi connectivity index (χ1) is 9.01. The van der Waals surface area contributed by atoms with Gasteiger partial charge in [0.2, 0.25) is 0 Å². The molecule has 2 rings (SSSR count). The summed E-state index contributed by atoms with van der Waals surface area (Å²) in [5, 5.41) is 28.2. The summed E-state index contributed by atoms with van der Waals surface area (Å²) in [6.45, 7) is 0.201. The number of rotatable bonds is 4.